The molecule has 1 aliphatic carbocycles. The first-order chi connectivity index (χ1) is 15.0. The quantitative estimate of drug-likeness (QED) is 0.636. The first kappa shape index (κ1) is 20.0. The molecule has 0 unspecified atom stereocenters. The highest BCUT2D eigenvalue weighted by atomic mass is 16.1. The van der Waals surface area contributed by atoms with E-state index in [1.807, 2.05) is 12.3 Å². The van der Waals surface area contributed by atoms with Gasteiger partial charge in [0.2, 0.25) is 0 Å². The largest absolute Gasteiger partial charge is 0.369 e. The topological polar surface area (TPSA) is 60.5 Å². The van der Waals surface area contributed by atoms with Crippen LogP contribution < -0.4 is 10.2 Å². The van der Waals surface area contributed by atoms with E-state index in [2.05, 4.69) is 65.2 Å². The number of H-pyrrole nitrogens is 1. The Labute approximate surface area is 183 Å². The Bertz CT molecular complexity index is 1210. The number of nitrogens with zero attached hydrogens (tertiary/aromatic N) is 2. The van der Waals surface area contributed by atoms with Gasteiger partial charge in [-0.2, -0.15) is 0 Å². The molecule has 5 nitrogen and oxygen atoms in total. The van der Waals surface area contributed by atoms with Crippen molar-refractivity contribution in [1.82, 2.24) is 10.3 Å². The third-order valence-corrected chi connectivity index (χ3v) is 6.93. The zero-order valence-electron chi connectivity index (χ0n) is 18.8. The number of rotatable bonds is 3. The van der Waals surface area contributed by atoms with Gasteiger partial charge in [-0.15, -0.1) is 0 Å². The molecule has 0 atom stereocenters. The van der Waals surface area contributed by atoms with Crippen molar-refractivity contribution in [2.45, 2.75) is 32.6 Å². The van der Waals surface area contributed by atoms with Gasteiger partial charge in [0.25, 0.3) is 0 Å². The minimum Gasteiger partial charge on any atom is -0.369 e. The maximum absolute atomic E-state index is 13.8. The number of benzene rings is 2. The third-order valence-electron chi connectivity index (χ3n) is 6.93. The number of nitrogens with one attached hydrogen (secondary N) is 2. The van der Waals surface area contributed by atoms with Gasteiger partial charge in [-0.25, -0.2) is 0 Å². The Morgan fingerprint density at radius 1 is 1.16 bits per heavy atom. The Morgan fingerprint density at radius 3 is 2.65 bits per heavy atom. The molecule has 3 aromatic rings. The molecule has 31 heavy (non-hydrogen) atoms. The van der Waals surface area contributed by atoms with Crippen molar-refractivity contribution in [3.05, 3.63) is 63.8 Å². The molecule has 5 heteroatoms. The number of piperazine rings is 1. The van der Waals surface area contributed by atoms with Crippen molar-refractivity contribution in [3.8, 4) is 0 Å². The molecule has 2 aromatic carbocycles. The van der Waals surface area contributed by atoms with E-state index in [0.29, 0.717) is 0 Å². The molecule has 2 N–H and O–H groups in total. The molecule has 0 amide bonds. The van der Waals surface area contributed by atoms with Crippen LogP contribution in [-0.2, 0) is 11.8 Å². The van der Waals surface area contributed by atoms with Gasteiger partial charge < -0.3 is 15.2 Å². The highest BCUT2D eigenvalue weighted by molar-refractivity contribution is 6.20. The van der Waals surface area contributed by atoms with Crippen LogP contribution in [0.4, 0.5) is 5.69 Å². The SMILES string of the molecule is CCc1cc2c(cc1N1CCNCC1)C(C)(C)c1[nH]c3cc(/C=N/C)ccc3c1C2=O. The van der Waals surface area contributed by atoms with E-state index in [1.54, 1.807) is 7.05 Å². The van der Waals surface area contributed by atoms with Gasteiger partial charge in [0.1, 0.15) is 0 Å². The predicted molar refractivity (Wildman–Crippen MR) is 128 cm³/mol. The molecular weight excluding hydrogens is 384 g/mol. The predicted octanol–water partition coefficient (Wildman–Crippen LogP) is 4.06. The van der Waals surface area contributed by atoms with Crippen LogP contribution in [0.25, 0.3) is 10.9 Å². The Balaban J connectivity index is 1.71. The maximum atomic E-state index is 13.8. The van der Waals surface area contributed by atoms with Crippen molar-refractivity contribution in [1.29, 1.82) is 0 Å². The monoisotopic (exact) mass is 414 g/mol. The van der Waals surface area contributed by atoms with E-state index in [0.717, 1.165) is 71.5 Å². The van der Waals surface area contributed by atoms with Crippen LogP contribution in [0.5, 0.6) is 0 Å². The molecule has 0 spiro atoms. The minimum absolute atomic E-state index is 0.133. The Kier molecular flexibility index (Phi) is 4.74. The lowest BCUT2D eigenvalue weighted by molar-refractivity contribution is 0.103. The van der Waals surface area contributed by atoms with E-state index in [9.17, 15) is 4.79 Å². The average Bonchev–Trinajstić information content (AvgIpc) is 3.18. The van der Waals surface area contributed by atoms with Crippen LogP contribution in [0.2, 0.25) is 0 Å². The van der Waals surface area contributed by atoms with Gasteiger partial charge in [-0.1, -0.05) is 32.9 Å². The summed E-state index contributed by atoms with van der Waals surface area (Å²) in [7, 11) is 1.77. The fraction of sp³-hybridized carbons (Fsp3) is 0.385. The van der Waals surface area contributed by atoms with Crippen LogP contribution in [0, 0.1) is 0 Å². The van der Waals surface area contributed by atoms with E-state index < -0.39 is 0 Å². The van der Waals surface area contributed by atoms with Gasteiger partial charge >= 0.3 is 0 Å². The number of carbonyl (C=O) groups excluding carboxylic acids is 1. The molecule has 1 aromatic heterocycles. The molecule has 1 aliphatic heterocycles. The Morgan fingerprint density at radius 2 is 1.94 bits per heavy atom. The lowest BCUT2D eigenvalue weighted by Gasteiger charge is -2.36. The lowest BCUT2D eigenvalue weighted by atomic mass is 9.70. The smallest absolute Gasteiger partial charge is 0.195 e. The molecule has 1 fully saturated rings. The third kappa shape index (κ3) is 3.02. The van der Waals surface area contributed by atoms with Crippen molar-refractivity contribution < 1.29 is 4.79 Å². The number of aromatic amines is 1. The summed E-state index contributed by atoms with van der Waals surface area (Å²) in [5, 5.41) is 4.44. The summed E-state index contributed by atoms with van der Waals surface area (Å²) in [4.78, 5) is 24.0. The average molecular weight is 415 g/mol. The van der Waals surface area contributed by atoms with Crippen LogP contribution in [0.15, 0.2) is 35.3 Å². The van der Waals surface area contributed by atoms with E-state index in [-0.39, 0.29) is 11.2 Å². The Hall–Kier alpha value is -2.92. The second kappa shape index (κ2) is 7.34. The van der Waals surface area contributed by atoms with Crippen molar-refractivity contribution in [2.75, 3.05) is 38.1 Å². The van der Waals surface area contributed by atoms with Gasteiger partial charge in [0.15, 0.2) is 5.78 Å². The number of hydrogen-bond acceptors (Lipinski definition) is 4. The normalized spacial score (nSPS) is 17.9. The van der Waals surface area contributed by atoms with Gasteiger partial charge in [-0.3, -0.25) is 9.79 Å². The molecule has 0 radical (unpaired) electrons. The number of fused-ring (bicyclic) bond motifs is 4. The van der Waals surface area contributed by atoms with Gasteiger partial charge in [-0.05, 0) is 41.3 Å². The van der Waals surface area contributed by atoms with E-state index in [1.165, 1.54) is 11.3 Å². The van der Waals surface area contributed by atoms with Crippen LogP contribution in [-0.4, -0.2) is 50.2 Å². The molecule has 1 saturated heterocycles. The molecular formula is C26H30N4O. The first-order valence-corrected chi connectivity index (χ1v) is 11.2. The fourth-order valence-electron chi connectivity index (χ4n) is 5.24. The highest BCUT2D eigenvalue weighted by Crippen LogP contribution is 2.45. The second-order valence-electron chi connectivity index (χ2n) is 9.14. The lowest BCUT2D eigenvalue weighted by Crippen LogP contribution is -2.44. The first-order valence-electron chi connectivity index (χ1n) is 11.2. The van der Waals surface area contributed by atoms with Gasteiger partial charge in [0.05, 0.1) is 5.56 Å². The summed E-state index contributed by atoms with van der Waals surface area (Å²) >= 11 is 0. The fourth-order valence-corrected chi connectivity index (χ4v) is 5.24. The van der Waals surface area contributed by atoms with E-state index in [4.69, 9.17) is 0 Å². The zero-order valence-corrected chi connectivity index (χ0v) is 18.8. The summed E-state index contributed by atoms with van der Waals surface area (Å²) < 4.78 is 0. The number of aryl methyl sites for hydroxylation is 1. The number of carbonyl (C=O) groups is 1. The standard InChI is InChI=1S/C26H30N4O/c1-5-17-13-19-20(14-22(17)30-10-8-28-9-11-30)26(2,3)25-23(24(19)31)18-7-6-16(15-27-4)12-21(18)29-25/h6-7,12-15,28-29H,5,8-11H2,1-4H3/b27-15+. The molecule has 160 valence electrons. The number of hydrogen-bond donors (Lipinski definition) is 2. The van der Waals surface area contributed by atoms with E-state index >= 15 is 0 Å². The van der Waals surface area contributed by atoms with Crippen molar-refractivity contribution >= 4 is 28.6 Å². The minimum atomic E-state index is -0.286. The van der Waals surface area contributed by atoms with Crippen LogP contribution in [0.3, 0.4) is 0 Å². The molecule has 2 aliphatic rings. The summed E-state index contributed by atoms with van der Waals surface area (Å²) in [5.41, 5.74) is 8.10. The number of ketones is 1. The number of aliphatic imine (C=N–C) groups is 1. The van der Waals surface area contributed by atoms with Crippen molar-refractivity contribution in [2.24, 2.45) is 4.99 Å². The van der Waals surface area contributed by atoms with Crippen molar-refractivity contribution in [3.63, 3.8) is 0 Å². The maximum Gasteiger partial charge on any atom is 0.195 e. The number of aromatic nitrogens is 1. The van der Waals surface area contributed by atoms with Crippen LogP contribution >= 0.6 is 0 Å². The highest BCUT2D eigenvalue weighted by Gasteiger charge is 2.40. The molecule has 2 heterocycles. The summed E-state index contributed by atoms with van der Waals surface area (Å²) in [6.45, 7) is 10.6. The van der Waals surface area contributed by atoms with Gasteiger partial charge in [0, 0.05) is 72.7 Å². The summed E-state index contributed by atoms with van der Waals surface area (Å²) in [6, 6.07) is 10.6. The zero-order chi connectivity index (χ0) is 21.8. The molecule has 5 rings (SSSR count). The van der Waals surface area contributed by atoms with Crippen LogP contribution in [0.1, 0.15) is 59.1 Å². The number of anilines is 1. The summed E-state index contributed by atoms with van der Waals surface area (Å²) in [6.07, 6.45) is 2.76. The molecule has 0 bridgehead atoms. The summed E-state index contributed by atoms with van der Waals surface area (Å²) in [5.74, 6) is 0.133. The molecule has 0 saturated carbocycles. The second-order valence-corrected chi connectivity index (χ2v) is 9.14.